The van der Waals surface area contributed by atoms with Gasteiger partial charge >= 0.3 is 0 Å². The summed E-state index contributed by atoms with van der Waals surface area (Å²) in [5, 5.41) is 0. The third-order valence-electron chi connectivity index (χ3n) is 0.368. The smallest absolute Gasteiger partial charge is 0.0568 e. The van der Waals surface area contributed by atoms with Gasteiger partial charge in [-0.15, -0.1) is 0 Å². The standard InChI is InChI=1S/C4H8NS/c1-6-4-2-3-5/h4H,2,5H2,1H3. The van der Waals surface area contributed by atoms with Gasteiger partial charge in [0.15, 0.2) is 0 Å². The van der Waals surface area contributed by atoms with Crippen LogP contribution in [-0.2, 0) is 0 Å². The number of hydrogen-bond donors (Lipinski definition) is 1. The second-order valence-corrected chi connectivity index (χ2v) is 1.62. The molecule has 0 saturated carbocycles. The molecule has 0 atom stereocenters. The molecule has 0 aliphatic carbocycles. The molecule has 1 nitrogen and oxygen atoms in total. The second-order valence-electron chi connectivity index (χ2n) is 0.811. The molecule has 0 aliphatic rings. The number of nitrogens with two attached hydrogens (primary N) is 1. The average molecular weight is 102 g/mol. The van der Waals surface area contributed by atoms with Crippen molar-refractivity contribution >= 4 is 11.8 Å². The van der Waals surface area contributed by atoms with Crippen LogP contribution in [0.5, 0.6) is 0 Å². The lowest BCUT2D eigenvalue weighted by molar-refractivity contribution is 1.15. The van der Waals surface area contributed by atoms with Gasteiger partial charge in [-0.05, 0) is 12.7 Å². The van der Waals surface area contributed by atoms with Crippen molar-refractivity contribution < 1.29 is 0 Å². The molecule has 2 heteroatoms. The normalized spacial score (nSPS) is 9.00. The molecule has 0 spiro atoms. The van der Waals surface area contributed by atoms with Crippen LogP contribution in [-0.4, -0.2) is 6.26 Å². The summed E-state index contributed by atoms with van der Waals surface area (Å²) < 4.78 is 0. The summed E-state index contributed by atoms with van der Waals surface area (Å²) in [5.74, 6) is 1.99. The average Bonchev–Trinajstić information content (AvgIpc) is 1.61. The third-order valence-corrected chi connectivity index (χ3v) is 0.868. The van der Waals surface area contributed by atoms with Crippen molar-refractivity contribution in [1.82, 2.24) is 0 Å². The zero-order valence-electron chi connectivity index (χ0n) is 3.77. The summed E-state index contributed by atoms with van der Waals surface area (Å²) in [6.07, 6.45) is 2.78. The lowest BCUT2D eigenvalue weighted by Crippen LogP contribution is -1.86. The number of hydrogen-bond acceptors (Lipinski definition) is 2. The minimum atomic E-state index is 0.779. The highest BCUT2D eigenvalue weighted by Crippen LogP contribution is 2.01. The Labute approximate surface area is 43.3 Å². The van der Waals surface area contributed by atoms with E-state index in [4.69, 9.17) is 5.73 Å². The molecule has 0 heterocycles. The van der Waals surface area contributed by atoms with Crippen molar-refractivity contribution in [2.75, 3.05) is 6.26 Å². The van der Waals surface area contributed by atoms with Crippen LogP contribution in [0.25, 0.3) is 0 Å². The van der Waals surface area contributed by atoms with E-state index in [1.54, 1.807) is 11.8 Å². The third kappa shape index (κ3) is 4.31. The van der Waals surface area contributed by atoms with Gasteiger partial charge in [0.2, 0.25) is 0 Å². The van der Waals surface area contributed by atoms with E-state index in [0.717, 1.165) is 6.42 Å². The van der Waals surface area contributed by atoms with Gasteiger partial charge in [-0.25, -0.2) is 0 Å². The monoisotopic (exact) mass is 102 g/mol. The van der Waals surface area contributed by atoms with Gasteiger partial charge in [0, 0.05) is 5.75 Å². The Hall–Kier alpha value is 0.310. The fourth-order valence-electron chi connectivity index (χ4n) is 0.131. The van der Waals surface area contributed by atoms with E-state index < -0.39 is 0 Å². The first-order valence-electron chi connectivity index (χ1n) is 1.69. The van der Waals surface area contributed by atoms with Crippen LogP contribution in [0.2, 0.25) is 0 Å². The summed E-state index contributed by atoms with van der Waals surface area (Å²) in [7, 11) is 0. The highest BCUT2D eigenvalue weighted by atomic mass is 32.2. The van der Waals surface area contributed by atoms with Crippen molar-refractivity contribution in [2.45, 2.75) is 6.42 Å². The lowest BCUT2D eigenvalue weighted by atomic mass is 10.5. The quantitative estimate of drug-likeness (QED) is 0.423. The molecule has 35 valence electrons. The molecule has 6 heavy (non-hydrogen) atoms. The SMILES string of the molecule is CS[CH]C[C]N. The van der Waals surface area contributed by atoms with E-state index in [-0.39, 0.29) is 0 Å². The van der Waals surface area contributed by atoms with Gasteiger partial charge in [-0.2, -0.15) is 11.8 Å². The molecule has 0 unspecified atom stereocenters. The minimum Gasteiger partial charge on any atom is -0.322 e. The molecule has 0 aromatic heterocycles. The molecule has 0 bridgehead atoms. The van der Waals surface area contributed by atoms with Crippen LogP contribution in [0.4, 0.5) is 0 Å². The van der Waals surface area contributed by atoms with Gasteiger partial charge in [0.05, 0.1) is 6.54 Å². The van der Waals surface area contributed by atoms with Crippen molar-refractivity contribution in [3.8, 4) is 0 Å². The zero-order valence-corrected chi connectivity index (χ0v) is 4.59. The van der Waals surface area contributed by atoms with E-state index in [1.807, 2.05) is 12.0 Å². The van der Waals surface area contributed by atoms with Crippen molar-refractivity contribution in [2.24, 2.45) is 5.73 Å². The molecular formula is C4H8NS. The highest BCUT2D eigenvalue weighted by molar-refractivity contribution is 8.00. The maximum Gasteiger partial charge on any atom is 0.0568 e. The Morgan fingerprint density at radius 1 is 2.00 bits per heavy atom. The van der Waals surface area contributed by atoms with E-state index >= 15 is 0 Å². The van der Waals surface area contributed by atoms with Crippen LogP contribution in [0.3, 0.4) is 0 Å². The highest BCUT2D eigenvalue weighted by Gasteiger charge is 1.77. The summed E-state index contributed by atoms with van der Waals surface area (Å²) >= 11 is 1.66. The summed E-state index contributed by atoms with van der Waals surface area (Å²) in [6, 6.07) is 0. The molecule has 0 fully saturated rings. The van der Waals surface area contributed by atoms with Crippen LogP contribution >= 0.6 is 11.8 Å². The molecule has 0 aliphatic heterocycles. The minimum absolute atomic E-state index is 0.779. The fourth-order valence-corrected chi connectivity index (χ4v) is 0.394. The topological polar surface area (TPSA) is 26.0 Å². The number of thioether (sulfide) groups is 1. The van der Waals surface area contributed by atoms with Crippen LogP contribution in [0.15, 0.2) is 0 Å². The molecule has 3 radical (unpaired) electrons. The van der Waals surface area contributed by atoms with E-state index in [1.165, 1.54) is 0 Å². The summed E-state index contributed by atoms with van der Waals surface area (Å²) in [6.45, 7) is 2.49. The van der Waals surface area contributed by atoms with Gasteiger partial charge in [-0.1, -0.05) is 0 Å². The largest absolute Gasteiger partial charge is 0.322 e. The van der Waals surface area contributed by atoms with Crippen LogP contribution in [0, 0.1) is 12.3 Å². The molecule has 0 aromatic carbocycles. The zero-order chi connectivity index (χ0) is 4.83. The first-order chi connectivity index (χ1) is 2.91. The lowest BCUT2D eigenvalue weighted by Gasteiger charge is -1.84. The van der Waals surface area contributed by atoms with E-state index in [9.17, 15) is 0 Å². The summed E-state index contributed by atoms with van der Waals surface area (Å²) in [5.41, 5.74) is 4.92. The first kappa shape index (κ1) is 6.31. The molecule has 2 N–H and O–H groups in total. The Morgan fingerprint density at radius 2 is 2.67 bits per heavy atom. The van der Waals surface area contributed by atoms with Gasteiger partial charge in [0.1, 0.15) is 0 Å². The fraction of sp³-hybridized carbons (Fsp3) is 0.500. The van der Waals surface area contributed by atoms with E-state index in [0.29, 0.717) is 0 Å². The van der Waals surface area contributed by atoms with E-state index in [2.05, 4.69) is 6.54 Å². The van der Waals surface area contributed by atoms with Crippen LogP contribution < -0.4 is 5.73 Å². The Bertz CT molecular complexity index is 19.5. The van der Waals surface area contributed by atoms with Gasteiger partial charge < -0.3 is 5.73 Å². The van der Waals surface area contributed by atoms with Gasteiger partial charge in [0.25, 0.3) is 0 Å². The molecule has 0 aromatic rings. The maximum absolute atomic E-state index is 4.92. The molecule has 0 saturated heterocycles. The predicted molar refractivity (Wildman–Crippen MR) is 29.9 cm³/mol. The number of rotatable bonds is 3. The Balaban J connectivity index is 2.34. The van der Waals surface area contributed by atoms with Crippen molar-refractivity contribution in [3.63, 3.8) is 0 Å². The second kappa shape index (κ2) is 5.31. The van der Waals surface area contributed by atoms with Crippen molar-refractivity contribution in [3.05, 3.63) is 12.3 Å². The first-order valence-corrected chi connectivity index (χ1v) is 2.98. The van der Waals surface area contributed by atoms with Gasteiger partial charge in [-0.3, -0.25) is 0 Å². The Kier molecular flexibility index (Phi) is 5.58. The van der Waals surface area contributed by atoms with Crippen LogP contribution in [0.1, 0.15) is 6.42 Å². The molecule has 0 rings (SSSR count). The maximum atomic E-state index is 4.92. The molecular weight excluding hydrogens is 94.1 g/mol. The predicted octanol–water partition coefficient (Wildman–Crippen LogP) is 0.899. The van der Waals surface area contributed by atoms with Crippen molar-refractivity contribution in [1.29, 1.82) is 0 Å². The molecule has 0 amide bonds. The summed E-state index contributed by atoms with van der Waals surface area (Å²) in [4.78, 5) is 0. The Morgan fingerprint density at radius 3 is 2.83 bits per heavy atom.